The van der Waals surface area contributed by atoms with Gasteiger partial charge in [-0.2, -0.15) is 0 Å². The normalized spacial score (nSPS) is 11.6. The molecule has 0 aliphatic carbocycles. The van der Waals surface area contributed by atoms with E-state index in [9.17, 15) is 0 Å². The molecule has 258 valence electrons. The minimum atomic E-state index is 1.11. The van der Waals surface area contributed by atoms with E-state index in [-0.39, 0.29) is 0 Å². The molecule has 0 aliphatic rings. The molecule has 0 saturated carbocycles. The SMILES string of the molecule is c1ccc(N(c2ccc(-c3ccc(-n4c5ccccc5c5ccccc54)cc3)cc2)c2cccc3ccccc23)c(-c2cccc3c2sc2ccccc23)c1. The lowest BCUT2D eigenvalue weighted by Crippen LogP contribution is -2.11. The molecule has 0 spiro atoms. The Balaban J connectivity index is 1.03. The van der Waals surface area contributed by atoms with Gasteiger partial charge in [0, 0.05) is 58.8 Å². The number of nitrogens with zero attached hydrogens (tertiary/aromatic N) is 2. The average Bonchev–Trinajstić information content (AvgIpc) is 3.81. The Bertz CT molecular complexity index is 3150. The number of aromatic nitrogens is 1. The van der Waals surface area contributed by atoms with Crippen molar-refractivity contribution in [3.63, 3.8) is 0 Å². The van der Waals surface area contributed by atoms with Gasteiger partial charge in [0.15, 0.2) is 0 Å². The Morgan fingerprint density at radius 3 is 1.65 bits per heavy atom. The van der Waals surface area contributed by atoms with E-state index in [0.717, 1.165) is 22.7 Å². The van der Waals surface area contributed by atoms with Crippen molar-refractivity contribution in [3.05, 3.63) is 206 Å². The summed E-state index contributed by atoms with van der Waals surface area (Å²) in [6, 6.07) is 75.1. The largest absolute Gasteiger partial charge is 0.309 e. The standard InChI is InChI=1S/C52H34N2S/c1-2-15-40-37(13-1)14-11-25-47(40)53(50-24-9-5-18-43(50)45-20-12-21-46-44-19-6-10-26-51(44)55-52(45)46)38-31-27-35(28-32-38)36-29-33-39(34-30-36)54-48-22-7-3-16-41(48)42-17-4-8-23-49(42)54/h1-34H. The molecule has 0 unspecified atom stereocenters. The molecule has 0 amide bonds. The molecule has 2 aromatic heterocycles. The molecular formula is C52H34N2S. The first-order chi connectivity index (χ1) is 27.3. The summed E-state index contributed by atoms with van der Waals surface area (Å²) in [6.45, 7) is 0. The van der Waals surface area contributed by atoms with E-state index in [4.69, 9.17) is 0 Å². The number of anilines is 3. The Hall–Kier alpha value is -6.94. The van der Waals surface area contributed by atoms with Crippen LogP contribution in [0.5, 0.6) is 0 Å². The molecular weight excluding hydrogens is 685 g/mol. The van der Waals surface area contributed by atoms with Crippen LogP contribution in [-0.4, -0.2) is 4.57 Å². The van der Waals surface area contributed by atoms with Gasteiger partial charge in [0.05, 0.1) is 22.4 Å². The summed E-state index contributed by atoms with van der Waals surface area (Å²) in [5, 5.41) is 7.59. The van der Waals surface area contributed by atoms with E-state index in [1.54, 1.807) is 0 Å². The number of thiophene rings is 1. The minimum Gasteiger partial charge on any atom is -0.309 e. The monoisotopic (exact) mass is 718 g/mol. The maximum atomic E-state index is 2.44. The Morgan fingerprint density at radius 1 is 0.364 bits per heavy atom. The molecule has 0 bridgehead atoms. The quantitative estimate of drug-likeness (QED) is 0.166. The molecule has 0 atom stereocenters. The number of fused-ring (bicyclic) bond motifs is 7. The number of para-hydroxylation sites is 3. The lowest BCUT2D eigenvalue weighted by Gasteiger charge is -2.29. The van der Waals surface area contributed by atoms with Crippen LogP contribution in [-0.2, 0) is 0 Å². The molecule has 0 saturated heterocycles. The molecule has 9 aromatic carbocycles. The summed E-state index contributed by atoms with van der Waals surface area (Å²) in [5.41, 5.74) is 11.8. The van der Waals surface area contributed by atoms with E-state index < -0.39 is 0 Å². The summed E-state index contributed by atoms with van der Waals surface area (Å²) >= 11 is 1.88. The Kier molecular flexibility index (Phi) is 7.39. The van der Waals surface area contributed by atoms with Crippen LogP contribution < -0.4 is 4.90 Å². The van der Waals surface area contributed by atoms with E-state index in [1.807, 2.05) is 11.3 Å². The van der Waals surface area contributed by atoms with Gasteiger partial charge in [0.25, 0.3) is 0 Å². The molecule has 3 heteroatoms. The van der Waals surface area contributed by atoms with Crippen LogP contribution in [0, 0.1) is 0 Å². The topological polar surface area (TPSA) is 8.17 Å². The highest BCUT2D eigenvalue weighted by Gasteiger charge is 2.21. The molecule has 11 aromatic rings. The molecule has 55 heavy (non-hydrogen) atoms. The molecule has 0 fully saturated rings. The zero-order chi connectivity index (χ0) is 36.3. The van der Waals surface area contributed by atoms with E-state index in [0.29, 0.717) is 0 Å². The van der Waals surface area contributed by atoms with Crippen LogP contribution in [0.3, 0.4) is 0 Å². The number of rotatable bonds is 6. The van der Waals surface area contributed by atoms with E-state index in [1.165, 1.54) is 75.0 Å². The second kappa shape index (κ2) is 12.9. The van der Waals surface area contributed by atoms with Crippen LogP contribution in [0.1, 0.15) is 0 Å². The third-order valence-electron chi connectivity index (χ3n) is 11.0. The van der Waals surface area contributed by atoms with Crippen molar-refractivity contribution in [2.45, 2.75) is 0 Å². The van der Waals surface area contributed by atoms with Crippen LogP contribution in [0.4, 0.5) is 17.1 Å². The second-order valence-electron chi connectivity index (χ2n) is 14.1. The second-order valence-corrected chi connectivity index (χ2v) is 15.1. The summed E-state index contributed by atoms with van der Waals surface area (Å²) in [4.78, 5) is 2.44. The van der Waals surface area contributed by atoms with Crippen molar-refractivity contribution in [1.82, 2.24) is 4.57 Å². The number of hydrogen-bond acceptors (Lipinski definition) is 2. The Morgan fingerprint density at radius 2 is 0.891 bits per heavy atom. The predicted molar refractivity (Wildman–Crippen MR) is 237 cm³/mol. The van der Waals surface area contributed by atoms with Gasteiger partial charge in [0.1, 0.15) is 0 Å². The zero-order valence-electron chi connectivity index (χ0n) is 29.9. The third kappa shape index (κ3) is 5.16. The van der Waals surface area contributed by atoms with Gasteiger partial charge in [-0.25, -0.2) is 0 Å². The number of hydrogen-bond donors (Lipinski definition) is 0. The molecule has 0 N–H and O–H groups in total. The van der Waals surface area contributed by atoms with Crippen molar-refractivity contribution >= 4 is 81.1 Å². The Labute approximate surface area is 323 Å². The highest BCUT2D eigenvalue weighted by atomic mass is 32.1. The van der Waals surface area contributed by atoms with E-state index >= 15 is 0 Å². The zero-order valence-corrected chi connectivity index (χ0v) is 30.7. The maximum Gasteiger partial charge on any atom is 0.0541 e. The van der Waals surface area contributed by atoms with Crippen molar-refractivity contribution in [3.8, 4) is 27.9 Å². The fourth-order valence-corrected chi connectivity index (χ4v) is 9.70. The molecule has 0 radical (unpaired) electrons. The fourth-order valence-electron chi connectivity index (χ4n) is 8.47. The summed E-state index contributed by atoms with van der Waals surface area (Å²) in [6.07, 6.45) is 0. The van der Waals surface area contributed by atoms with Gasteiger partial charge >= 0.3 is 0 Å². The van der Waals surface area contributed by atoms with E-state index in [2.05, 4.69) is 216 Å². The van der Waals surface area contributed by atoms with Gasteiger partial charge in [-0.15, -0.1) is 11.3 Å². The van der Waals surface area contributed by atoms with Crippen molar-refractivity contribution in [2.75, 3.05) is 4.90 Å². The third-order valence-corrected chi connectivity index (χ3v) is 12.2. The lowest BCUT2D eigenvalue weighted by molar-refractivity contribution is 1.18. The van der Waals surface area contributed by atoms with Gasteiger partial charge < -0.3 is 9.47 Å². The average molecular weight is 719 g/mol. The van der Waals surface area contributed by atoms with Crippen LogP contribution in [0.15, 0.2) is 206 Å². The first kappa shape index (κ1) is 31.6. The van der Waals surface area contributed by atoms with Crippen molar-refractivity contribution in [1.29, 1.82) is 0 Å². The summed E-state index contributed by atoms with van der Waals surface area (Å²) in [7, 11) is 0. The summed E-state index contributed by atoms with van der Waals surface area (Å²) < 4.78 is 5.00. The van der Waals surface area contributed by atoms with Gasteiger partial charge in [-0.1, -0.05) is 152 Å². The van der Waals surface area contributed by atoms with Crippen LogP contribution in [0.25, 0.3) is 80.7 Å². The van der Waals surface area contributed by atoms with Gasteiger partial charge in [-0.3, -0.25) is 0 Å². The highest BCUT2D eigenvalue weighted by Crippen LogP contribution is 2.47. The molecule has 0 aliphatic heterocycles. The maximum absolute atomic E-state index is 2.44. The van der Waals surface area contributed by atoms with Gasteiger partial charge in [0.2, 0.25) is 0 Å². The number of benzene rings is 9. The summed E-state index contributed by atoms with van der Waals surface area (Å²) in [5.74, 6) is 0. The van der Waals surface area contributed by atoms with Crippen molar-refractivity contribution < 1.29 is 0 Å². The van der Waals surface area contributed by atoms with Gasteiger partial charge in [-0.05, 0) is 71.1 Å². The lowest BCUT2D eigenvalue weighted by atomic mass is 9.98. The van der Waals surface area contributed by atoms with Crippen LogP contribution in [0.2, 0.25) is 0 Å². The first-order valence-electron chi connectivity index (χ1n) is 18.8. The minimum absolute atomic E-state index is 1.11. The first-order valence-corrected chi connectivity index (χ1v) is 19.6. The molecule has 11 rings (SSSR count). The van der Waals surface area contributed by atoms with Crippen molar-refractivity contribution in [2.24, 2.45) is 0 Å². The molecule has 2 heterocycles. The predicted octanol–water partition coefficient (Wildman–Crippen LogP) is 15.1. The fraction of sp³-hybridized carbons (Fsp3) is 0. The molecule has 2 nitrogen and oxygen atoms in total. The smallest absolute Gasteiger partial charge is 0.0541 e. The highest BCUT2D eigenvalue weighted by molar-refractivity contribution is 7.26. The van der Waals surface area contributed by atoms with Crippen LogP contribution >= 0.6 is 11.3 Å².